The molecular formula is C20H18N4O3S. The van der Waals surface area contributed by atoms with Gasteiger partial charge in [-0.2, -0.15) is 5.10 Å². The number of anilines is 1. The van der Waals surface area contributed by atoms with Gasteiger partial charge in [-0.15, -0.1) is 17.9 Å². The van der Waals surface area contributed by atoms with Crippen molar-refractivity contribution in [1.29, 1.82) is 0 Å². The number of hydrogen-bond acceptors (Lipinski definition) is 6. The van der Waals surface area contributed by atoms with Crippen LogP contribution in [0.1, 0.15) is 12.7 Å². The van der Waals surface area contributed by atoms with E-state index in [4.69, 9.17) is 14.3 Å². The van der Waals surface area contributed by atoms with Gasteiger partial charge >= 0.3 is 0 Å². The van der Waals surface area contributed by atoms with Gasteiger partial charge < -0.3 is 14.5 Å². The van der Waals surface area contributed by atoms with Crippen LogP contribution in [0.3, 0.4) is 0 Å². The van der Waals surface area contributed by atoms with Crippen molar-refractivity contribution < 1.29 is 13.9 Å². The molecule has 1 aliphatic rings. The highest BCUT2D eigenvalue weighted by atomic mass is 32.1. The third kappa shape index (κ3) is 3.54. The average Bonchev–Trinajstić information content (AvgIpc) is 3.36. The smallest absolute Gasteiger partial charge is 0.262 e. The molecule has 0 atom stereocenters. The van der Waals surface area contributed by atoms with Gasteiger partial charge in [-0.05, 0) is 37.3 Å². The number of amides is 1. The number of ether oxygens (including phenoxy) is 1. The molecule has 0 saturated carbocycles. The molecule has 3 aromatic rings. The van der Waals surface area contributed by atoms with E-state index in [1.54, 1.807) is 17.0 Å². The topological polar surface area (TPSA) is 81.1 Å². The van der Waals surface area contributed by atoms with E-state index in [0.717, 1.165) is 21.8 Å². The second-order valence-electron chi connectivity index (χ2n) is 6.06. The molecule has 0 saturated heterocycles. The maximum atomic E-state index is 11.6. The molecule has 142 valence electrons. The number of rotatable bonds is 5. The number of thiazole rings is 1. The summed E-state index contributed by atoms with van der Waals surface area (Å²) in [6.07, 6.45) is 3.35. The van der Waals surface area contributed by atoms with Gasteiger partial charge in [0.2, 0.25) is 4.80 Å². The molecule has 0 bridgehead atoms. The number of hydrogen-bond donors (Lipinski definition) is 1. The number of carbonyl (C=O) groups excluding carboxylic acids is 1. The first-order valence-electron chi connectivity index (χ1n) is 8.64. The van der Waals surface area contributed by atoms with Gasteiger partial charge in [-0.3, -0.25) is 9.79 Å². The third-order valence-electron chi connectivity index (χ3n) is 4.08. The molecule has 0 unspecified atom stereocenters. The summed E-state index contributed by atoms with van der Waals surface area (Å²) >= 11 is 1.48. The normalized spacial score (nSPS) is 14.4. The van der Waals surface area contributed by atoms with Crippen LogP contribution in [0, 0.1) is 0 Å². The zero-order valence-corrected chi connectivity index (χ0v) is 16.0. The van der Waals surface area contributed by atoms with Crippen LogP contribution in [0.2, 0.25) is 0 Å². The molecule has 4 rings (SSSR count). The van der Waals surface area contributed by atoms with Crippen LogP contribution in [-0.2, 0) is 4.79 Å². The van der Waals surface area contributed by atoms with E-state index in [1.165, 1.54) is 11.3 Å². The fourth-order valence-corrected chi connectivity index (χ4v) is 3.61. The molecule has 1 aliphatic heterocycles. The molecule has 1 N–H and O–H groups in total. The summed E-state index contributed by atoms with van der Waals surface area (Å²) in [7, 11) is 0. The van der Waals surface area contributed by atoms with Crippen molar-refractivity contribution in [3.8, 4) is 17.0 Å². The Hall–Kier alpha value is -3.39. The minimum absolute atomic E-state index is 0.0298. The molecule has 0 fully saturated rings. The number of benzene rings is 1. The monoisotopic (exact) mass is 394 g/mol. The maximum absolute atomic E-state index is 11.6. The molecule has 1 amide bonds. The number of aromatic nitrogens is 1. The lowest BCUT2D eigenvalue weighted by Crippen LogP contribution is -2.25. The molecule has 8 heteroatoms. The Morgan fingerprint density at radius 2 is 2.32 bits per heavy atom. The third-order valence-corrected chi connectivity index (χ3v) is 4.93. The van der Waals surface area contributed by atoms with Gasteiger partial charge in [0.1, 0.15) is 17.2 Å². The standard InChI is InChI=1S/C20H18N4O3S/c1-3-8-21-20-24(23-13(2)17-5-4-9-26-17)16(12-28-20)14-6-7-18-15(10-14)22-19(25)11-27-18/h3-7,9-10,12H,1,8,11H2,2H3,(H,22,25). The second kappa shape index (κ2) is 7.69. The summed E-state index contributed by atoms with van der Waals surface area (Å²) in [5.74, 6) is 1.17. The minimum atomic E-state index is -0.170. The van der Waals surface area contributed by atoms with Gasteiger partial charge in [0.25, 0.3) is 5.91 Å². The van der Waals surface area contributed by atoms with Crippen molar-refractivity contribution in [3.05, 3.63) is 65.2 Å². The Bertz CT molecular complexity index is 1120. The molecular weight excluding hydrogens is 376 g/mol. The SMILES string of the molecule is C=CCN=c1scc(-c2ccc3c(c2)NC(=O)CO3)n1N=C(C)c1ccco1. The molecule has 7 nitrogen and oxygen atoms in total. The molecule has 28 heavy (non-hydrogen) atoms. The Kier molecular flexibility index (Phi) is 4.94. The lowest BCUT2D eigenvalue weighted by molar-refractivity contribution is -0.118. The fraction of sp³-hybridized carbons (Fsp3) is 0.150. The Morgan fingerprint density at radius 1 is 1.43 bits per heavy atom. The predicted molar refractivity (Wildman–Crippen MR) is 109 cm³/mol. The Morgan fingerprint density at radius 3 is 3.11 bits per heavy atom. The van der Waals surface area contributed by atoms with Crippen molar-refractivity contribution in [2.75, 3.05) is 18.5 Å². The van der Waals surface area contributed by atoms with E-state index in [0.29, 0.717) is 23.7 Å². The van der Waals surface area contributed by atoms with Crippen LogP contribution in [0.15, 0.2) is 69.1 Å². The van der Waals surface area contributed by atoms with Gasteiger partial charge in [0, 0.05) is 10.9 Å². The van der Waals surface area contributed by atoms with Crippen LogP contribution in [-0.4, -0.2) is 29.4 Å². The number of carbonyl (C=O) groups is 1. The van der Waals surface area contributed by atoms with E-state index in [2.05, 4.69) is 16.9 Å². The molecule has 1 aromatic carbocycles. The Labute approximate surface area is 165 Å². The van der Waals surface area contributed by atoms with Crippen molar-refractivity contribution >= 4 is 28.6 Å². The summed E-state index contributed by atoms with van der Waals surface area (Å²) in [5, 5.41) is 9.54. The van der Waals surface area contributed by atoms with E-state index in [1.807, 2.05) is 42.6 Å². The molecule has 0 spiro atoms. The van der Waals surface area contributed by atoms with E-state index in [9.17, 15) is 4.79 Å². The zero-order valence-electron chi connectivity index (χ0n) is 15.2. The zero-order chi connectivity index (χ0) is 19.5. The first-order valence-corrected chi connectivity index (χ1v) is 9.52. The van der Waals surface area contributed by atoms with Crippen LogP contribution in [0.25, 0.3) is 11.3 Å². The number of nitrogens with one attached hydrogen (secondary N) is 1. The highest BCUT2D eigenvalue weighted by Gasteiger charge is 2.18. The quantitative estimate of drug-likeness (QED) is 0.531. The van der Waals surface area contributed by atoms with Crippen molar-refractivity contribution in [1.82, 2.24) is 4.68 Å². The maximum Gasteiger partial charge on any atom is 0.262 e. The van der Waals surface area contributed by atoms with Crippen LogP contribution in [0.5, 0.6) is 5.75 Å². The van der Waals surface area contributed by atoms with Crippen molar-refractivity contribution in [3.63, 3.8) is 0 Å². The predicted octanol–water partition coefficient (Wildman–Crippen LogP) is 3.50. The summed E-state index contributed by atoms with van der Waals surface area (Å²) in [4.78, 5) is 16.9. The first kappa shape index (κ1) is 18.0. The van der Waals surface area contributed by atoms with E-state index in [-0.39, 0.29) is 12.5 Å². The van der Waals surface area contributed by atoms with Gasteiger partial charge in [-0.1, -0.05) is 6.08 Å². The molecule has 2 aromatic heterocycles. The molecule has 0 radical (unpaired) electrons. The summed E-state index contributed by atoms with van der Waals surface area (Å²) < 4.78 is 12.7. The van der Waals surface area contributed by atoms with Crippen LogP contribution in [0.4, 0.5) is 5.69 Å². The summed E-state index contributed by atoms with van der Waals surface area (Å²) in [5.41, 5.74) is 3.10. The van der Waals surface area contributed by atoms with Crippen molar-refractivity contribution in [2.45, 2.75) is 6.92 Å². The van der Waals surface area contributed by atoms with Gasteiger partial charge in [-0.25, -0.2) is 4.68 Å². The second-order valence-corrected chi connectivity index (χ2v) is 6.89. The van der Waals surface area contributed by atoms with Crippen molar-refractivity contribution in [2.24, 2.45) is 10.1 Å². The first-order chi connectivity index (χ1) is 13.7. The van der Waals surface area contributed by atoms with E-state index < -0.39 is 0 Å². The summed E-state index contributed by atoms with van der Waals surface area (Å²) in [6.45, 7) is 6.12. The fourth-order valence-electron chi connectivity index (χ4n) is 2.77. The number of fused-ring (bicyclic) bond motifs is 1. The lowest BCUT2D eigenvalue weighted by Gasteiger charge is -2.18. The summed E-state index contributed by atoms with van der Waals surface area (Å²) in [6, 6.07) is 9.33. The van der Waals surface area contributed by atoms with Crippen LogP contribution >= 0.6 is 11.3 Å². The highest BCUT2D eigenvalue weighted by Crippen LogP contribution is 2.32. The van der Waals surface area contributed by atoms with Gasteiger partial charge in [0.15, 0.2) is 6.61 Å². The average molecular weight is 394 g/mol. The lowest BCUT2D eigenvalue weighted by atomic mass is 10.1. The molecule has 3 heterocycles. The molecule has 0 aliphatic carbocycles. The van der Waals surface area contributed by atoms with Crippen LogP contribution < -0.4 is 14.9 Å². The minimum Gasteiger partial charge on any atom is -0.482 e. The van der Waals surface area contributed by atoms with Gasteiger partial charge in [0.05, 0.1) is 24.2 Å². The largest absolute Gasteiger partial charge is 0.482 e. The highest BCUT2D eigenvalue weighted by molar-refractivity contribution is 7.07. The van der Waals surface area contributed by atoms with E-state index >= 15 is 0 Å². The number of nitrogens with zero attached hydrogens (tertiary/aromatic N) is 3. The number of furan rings is 1. The Balaban J connectivity index is 1.83.